The van der Waals surface area contributed by atoms with Crippen molar-refractivity contribution in [1.29, 1.82) is 0 Å². The molecule has 2 aromatic rings. The second kappa shape index (κ2) is 5.89. The van der Waals surface area contributed by atoms with Crippen LogP contribution in [0.15, 0.2) is 39.5 Å². The van der Waals surface area contributed by atoms with Gasteiger partial charge in [0.05, 0.1) is 0 Å². The van der Waals surface area contributed by atoms with E-state index in [9.17, 15) is 4.79 Å². The lowest BCUT2D eigenvalue weighted by Gasteiger charge is -2.01. The van der Waals surface area contributed by atoms with Crippen LogP contribution in [-0.2, 0) is 5.75 Å². The summed E-state index contributed by atoms with van der Waals surface area (Å²) in [5.74, 6) is 1.48. The minimum atomic E-state index is -0.264. The van der Waals surface area contributed by atoms with Gasteiger partial charge in [0.25, 0.3) is 0 Å². The van der Waals surface area contributed by atoms with Gasteiger partial charge in [-0.15, -0.1) is 0 Å². The minimum absolute atomic E-state index is 0.194. The molecule has 0 fully saturated rings. The zero-order valence-corrected chi connectivity index (χ0v) is 10.2. The van der Waals surface area contributed by atoms with Crippen LogP contribution in [0.1, 0.15) is 12.0 Å². The number of fused-ring (bicyclic) bond motifs is 1. The van der Waals surface area contributed by atoms with E-state index >= 15 is 0 Å². The van der Waals surface area contributed by atoms with E-state index in [2.05, 4.69) is 0 Å². The predicted octanol–water partition coefficient (Wildman–Crippen LogP) is 2.41. The third-order valence-corrected chi connectivity index (χ3v) is 3.51. The average molecular weight is 250 g/mol. The first-order valence-corrected chi connectivity index (χ1v) is 6.67. The van der Waals surface area contributed by atoms with Crippen LogP contribution in [-0.4, -0.2) is 17.5 Å². The summed E-state index contributed by atoms with van der Waals surface area (Å²) in [6.07, 6.45) is 0.754. The molecule has 0 bridgehead atoms. The Kier molecular flexibility index (Phi) is 4.23. The molecule has 0 amide bonds. The van der Waals surface area contributed by atoms with Crippen molar-refractivity contribution in [1.82, 2.24) is 0 Å². The third kappa shape index (κ3) is 3.11. The van der Waals surface area contributed by atoms with Gasteiger partial charge in [0.1, 0.15) is 5.58 Å². The first-order valence-electron chi connectivity index (χ1n) is 5.51. The monoisotopic (exact) mass is 250 g/mol. The zero-order chi connectivity index (χ0) is 12.1. The molecule has 0 saturated heterocycles. The van der Waals surface area contributed by atoms with Crippen LogP contribution in [0.3, 0.4) is 0 Å². The Hall–Kier alpha value is -1.26. The third-order valence-electron chi connectivity index (χ3n) is 2.42. The highest BCUT2D eigenvalue weighted by molar-refractivity contribution is 7.98. The summed E-state index contributed by atoms with van der Waals surface area (Å²) < 4.78 is 5.23. The highest BCUT2D eigenvalue weighted by atomic mass is 32.2. The van der Waals surface area contributed by atoms with E-state index in [4.69, 9.17) is 9.52 Å². The number of hydrogen-bond donors (Lipinski definition) is 1. The molecule has 2 rings (SSSR count). The van der Waals surface area contributed by atoms with Gasteiger partial charge in [-0.25, -0.2) is 4.79 Å². The summed E-state index contributed by atoms with van der Waals surface area (Å²) in [7, 11) is 0. The number of aliphatic hydroxyl groups excluding tert-OH is 1. The van der Waals surface area contributed by atoms with Gasteiger partial charge in [-0.05, 0) is 24.3 Å². The Bertz CT molecular complexity index is 548. The molecule has 4 heteroatoms. The van der Waals surface area contributed by atoms with Gasteiger partial charge in [-0.1, -0.05) is 18.2 Å². The molecule has 3 nitrogen and oxygen atoms in total. The van der Waals surface area contributed by atoms with Gasteiger partial charge < -0.3 is 9.52 Å². The quantitative estimate of drug-likeness (QED) is 0.654. The number of thioether (sulfide) groups is 1. The van der Waals surface area contributed by atoms with E-state index < -0.39 is 0 Å². The van der Waals surface area contributed by atoms with Crippen molar-refractivity contribution in [2.75, 3.05) is 12.4 Å². The molecule has 0 unspecified atom stereocenters. The van der Waals surface area contributed by atoms with Gasteiger partial charge in [-0.3, -0.25) is 0 Å². The van der Waals surface area contributed by atoms with Crippen LogP contribution in [0.25, 0.3) is 11.0 Å². The minimum Gasteiger partial charge on any atom is -0.423 e. The summed E-state index contributed by atoms with van der Waals surface area (Å²) in [4.78, 5) is 11.7. The number of benzene rings is 1. The molecule has 17 heavy (non-hydrogen) atoms. The Morgan fingerprint density at radius 2 is 2.12 bits per heavy atom. The summed E-state index contributed by atoms with van der Waals surface area (Å²) in [5, 5.41) is 9.61. The van der Waals surface area contributed by atoms with E-state index in [0.29, 0.717) is 16.9 Å². The molecule has 0 aliphatic rings. The van der Waals surface area contributed by atoms with Crippen molar-refractivity contribution in [3.63, 3.8) is 0 Å². The molecule has 0 atom stereocenters. The summed E-state index contributed by atoms with van der Waals surface area (Å²) >= 11 is 1.63. The molecule has 0 aliphatic heterocycles. The SMILES string of the molecule is O=c1oc2ccccc2cc1CSCCCO. The van der Waals surface area contributed by atoms with E-state index in [1.54, 1.807) is 17.8 Å². The summed E-state index contributed by atoms with van der Waals surface area (Å²) in [6.45, 7) is 0.194. The largest absolute Gasteiger partial charge is 0.423 e. The molecule has 1 aromatic carbocycles. The lowest BCUT2D eigenvalue weighted by Crippen LogP contribution is -2.05. The number of hydrogen-bond acceptors (Lipinski definition) is 4. The maximum Gasteiger partial charge on any atom is 0.340 e. The fourth-order valence-electron chi connectivity index (χ4n) is 1.55. The van der Waals surface area contributed by atoms with Crippen molar-refractivity contribution in [2.24, 2.45) is 0 Å². The first-order chi connectivity index (χ1) is 8.31. The molecule has 0 aliphatic carbocycles. The second-order valence-corrected chi connectivity index (χ2v) is 4.83. The molecule has 0 spiro atoms. The maximum atomic E-state index is 11.7. The van der Waals surface area contributed by atoms with Crippen molar-refractivity contribution in [3.8, 4) is 0 Å². The zero-order valence-electron chi connectivity index (χ0n) is 9.39. The molecular formula is C13H14O3S. The van der Waals surface area contributed by atoms with Gasteiger partial charge in [0.15, 0.2) is 0 Å². The number of para-hydroxylation sites is 1. The van der Waals surface area contributed by atoms with Crippen molar-refractivity contribution >= 4 is 22.7 Å². The Labute approximate surface area is 103 Å². The lowest BCUT2D eigenvalue weighted by molar-refractivity contribution is 0.296. The summed E-state index contributed by atoms with van der Waals surface area (Å²) in [6, 6.07) is 9.37. The highest BCUT2D eigenvalue weighted by Gasteiger charge is 2.04. The van der Waals surface area contributed by atoms with Gasteiger partial charge >= 0.3 is 5.63 Å². The lowest BCUT2D eigenvalue weighted by atomic mass is 10.2. The van der Waals surface area contributed by atoms with Crippen LogP contribution < -0.4 is 5.63 Å². The molecule has 1 N–H and O–H groups in total. The van der Waals surface area contributed by atoms with Crippen molar-refractivity contribution in [3.05, 3.63) is 46.3 Å². The van der Waals surface area contributed by atoms with E-state index in [1.165, 1.54) is 0 Å². The number of aliphatic hydroxyl groups is 1. The smallest absolute Gasteiger partial charge is 0.340 e. The standard InChI is InChI=1S/C13H14O3S/c14-6-3-7-17-9-11-8-10-4-1-2-5-12(10)16-13(11)15/h1-2,4-5,8,14H,3,6-7,9H2. The van der Waals surface area contributed by atoms with Gasteiger partial charge in [0.2, 0.25) is 0 Å². The molecule has 0 radical (unpaired) electrons. The molecule has 1 heterocycles. The highest BCUT2D eigenvalue weighted by Crippen LogP contribution is 2.16. The van der Waals surface area contributed by atoms with Crippen LogP contribution in [0, 0.1) is 0 Å². The van der Waals surface area contributed by atoms with Crippen LogP contribution >= 0.6 is 11.8 Å². The Morgan fingerprint density at radius 1 is 1.29 bits per heavy atom. The Balaban J connectivity index is 2.17. The van der Waals surface area contributed by atoms with E-state index in [1.807, 2.05) is 24.3 Å². The Morgan fingerprint density at radius 3 is 2.94 bits per heavy atom. The maximum absolute atomic E-state index is 11.7. The molecule has 1 aromatic heterocycles. The van der Waals surface area contributed by atoms with Crippen molar-refractivity contribution < 1.29 is 9.52 Å². The van der Waals surface area contributed by atoms with Crippen molar-refractivity contribution in [2.45, 2.75) is 12.2 Å². The second-order valence-electron chi connectivity index (χ2n) is 3.73. The molecule has 0 saturated carbocycles. The van der Waals surface area contributed by atoms with Crippen LogP contribution in [0.2, 0.25) is 0 Å². The first kappa shape index (κ1) is 12.2. The van der Waals surface area contributed by atoms with E-state index in [-0.39, 0.29) is 12.2 Å². The summed E-state index contributed by atoms with van der Waals surface area (Å²) in [5.41, 5.74) is 1.05. The van der Waals surface area contributed by atoms with Gasteiger partial charge in [-0.2, -0.15) is 11.8 Å². The fourth-order valence-corrected chi connectivity index (χ4v) is 2.45. The fraction of sp³-hybridized carbons (Fsp3) is 0.308. The van der Waals surface area contributed by atoms with Crippen LogP contribution in [0.4, 0.5) is 0 Å². The normalized spacial score (nSPS) is 10.9. The molecular weight excluding hydrogens is 236 g/mol. The van der Waals surface area contributed by atoms with Gasteiger partial charge in [0, 0.05) is 23.3 Å². The predicted molar refractivity (Wildman–Crippen MR) is 70.3 cm³/mol. The molecule has 90 valence electrons. The van der Waals surface area contributed by atoms with Crippen LogP contribution in [0.5, 0.6) is 0 Å². The van der Waals surface area contributed by atoms with E-state index in [0.717, 1.165) is 17.6 Å². The topological polar surface area (TPSA) is 50.4 Å². The average Bonchev–Trinajstić information content (AvgIpc) is 2.35. The number of rotatable bonds is 5.